The first-order valence-electron chi connectivity index (χ1n) is 7.13. The van der Waals surface area contributed by atoms with Crippen LogP contribution in [0.5, 0.6) is 0 Å². The van der Waals surface area contributed by atoms with Crippen molar-refractivity contribution in [2.24, 2.45) is 17.3 Å². The van der Waals surface area contributed by atoms with E-state index in [0.29, 0.717) is 5.02 Å². The summed E-state index contributed by atoms with van der Waals surface area (Å²) in [5.74, 6) is -0.224. The maximum atomic E-state index is 12.3. The summed E-state index contributed by atoms with van der Waals surface area (Å²) in [7, 11) is 0. The molecule has 130 valence electrons. The van der Waals surface area contributed by atoms with Crippen LogP contribution in [0.3, 0.4) is 0 Å². The Balaban J connectivity index is 2.00. The summed E-state index contributed by atoms with van der Waals surface area (Å²) in [6.45, 7) is 4.23. The van der Waals surface area contributed by atoms with Gasteiger partial charge in [0.1, 0.15) is 11.1 Å². The van der Waals surface area contributed by atoms with Gasteiger partial charge in [-0.3, -0.25) is 4.79 Å². The van der Waals surface area contributed by atoms with E-state index >= 15 is 0 Å². The number of rotatable bonds is 5. The van der Waals surface area contributed by atoms with Gasteiger partial charge in [0.05, 0.1) is 9.31 Å². The van der Waals surface area contributed by atoms with E-state index in [2.05, 4.69) is 31.9 Å². The van der Waals surface area contributed by atoms with Crippen LogP contribution < -0.4 is 0 Å². The van der Waals surface area contributed by atoms with Gasteiger partial charge in [0.15, 0.2) is 0 Å². The Morgan fingerprint density at radius 2 is 2.00 bits per heavy atom. The molecule has 2 rings (SSSR count). The molecule has 0 N–H and O–H groups in total. The largest absolute Gasteiger partial charge is 0.461 e. The third kappa shape index (κ3) is 5.01. The molecule has 2 nitrogen and oxygen atoms in total. The molecule has 0 heterocycles. The molecule has 7 heteroatoms. The average molecular weight is 517 g/mol. The average Bonchev–Trinajstić information content (AvgIpc) is 2.97. The van der Waals surface area contributed by atoms with Crippen LogP contribution in [0.2, 0.25) is 5.02 Å². The topological polar surface area (TPSA) is 26.3 Å². The number of hydrogen-bond donors (Lipinski definition) is 0. The van der Waals surface area contributed by atoms with E-state index in [1.807, 2.05) is 26.0 Å². The monoisotopic (exact) mass is 514 g/mol. The minimum atomic E-state index is -0.216. The van der Waals surface area contributed by atoms with Crippen LogP contribution >= 0.6 is 66.7 Å². The number of benzene rings is 1. The molecule has 0 saturated heterocycles. The number of carbonyl (C=O) groups is 1. The summed E-state index contributed by atoms with van der Waals surface area (Å²) < 4.78 is 6.44. The Bertz CT molecular complexity index is 706. The van der Waals surface area contributed by atoms with Crippen molar-refractivity contribution in [2.45, 2.75) is 20.5 Å². The molecule has 0 radical (unpaired) electrons. The third-order valence-corrected chi connectivity index (χ3v) is 5.29. The quantitative estimate of drug-likeness (QED) is 0.391. The van der Waals surface area contributed by atoms with Crippen LogP contribution in [-0.4, -0.2) is 5.97 Å². The predicted molar refractivity (Wildman–Crippen MR) is 108 cm³/mol. The molecule has 0 aliphatic heterocycles. The standard InChI is InChI=1S/C17H15Br2Cl3O2/c1-17(2)11(7-13(18)19)15(17)16(23)24-8-10-4-3-9(5-12(10)20)6-14(21)22/h3-7,11,15H,8H2,1-2H3. The molecule has 0 amide bonds. The lowest BCUT2D eigenvalue weighted by Crippen LogP contribution is -2.10. The molecule has 1 aliphatic carbocycles. The van der Waals surface area contributed by atoms with E-state index in [1.54, 1.807) is 18.2 Å². The van der Waals surface area contributed by atoms with Crippen molar-refractivity contribution >= 4 is 78.7 Å². The highest BCUT2D eigenvalue weighted by Gasteiger charge is 2.61. The van der Waals surface area contributed by atoms with Gasteiger partial charge in [-0.1, -0.05) is 66.9 Å². The van der Waals surface area contributed by atoms with E-state index in [0.717, 1.165) is 14.5 Å². The molecule has 1 aliphatic rings. The maximum Gasteiger partial charge on any atom is 0.310 e. The van der Waals surface area contributed by atoms with Gasteiger partial charge in [-0.05, 0) is 60.9 Å². The summed E-state index contributed by atoms with van der Waals surface area (Å²) >= 11 is 24.1. The summed E-state index contributed by atoms with van der Waals surface area (Å²) in [5.41, 5.74) is 1.41. The van der Waals surface area contributed by atoms with Gasteiger partial charge >= 0.3 is 5.97 Å². The highest BCUT2D eigenvalue weighted by molar-refractivity contribution is 9.28. The van der Waals surface area contributed by atoms with Crippen molar-refractivity contribution in [2.75, 3.05) is 0 Å². The van der Waals surface area contributed by atoms with Crippen molar-refractivity contribution < 1.29 is 9.53 Å². The number of halogens is 5. The van der Waals surface area contributed by atoms with Crippen molar-refractivity contribution in [3.63, 3.8) is 0 Å². The van der Waals surface area contributed by atoms with Crippen molar-refractivity contribution in [3.8, 4) is 0 Å². The lowest BCUT2D eigenvalue weighted by Gasteiger charge is -2.08. The molecule has 2 unspecified atom stereocenters. The number of carbonyl (C=O) groups excluding carboxylic acids is 1. The predicted octanol–water partition coefficient (Wildman–Crippen LogP) is 7.06. The first-order chi connectivity index (χ1) is 11.1. The van der Waals surface area contributed by atoms with Crippen LogP contribution in [-0.2, 0) is 16.1 Å². The SMILES string of the molecule is CC1(C)C(C=C(Br)Br)C1C(=O)OCc1ccc(C=C(Cl)Cl)cc1Cl. The lowest BCUT2D eigenvalue weighted by molar-refractivity contribution is -0.147. The lowest BCUT2D eigenvalue weighted by atomic mass is 10.1. The minimum Gasteiger partial charge on any atom is -0.461 e. The van der Waals surface area contributed by atoms with E-state index in [4.69, 9.17) is 39.5 Å². The molecule has 0 spiro atoms. The Kier molecular flexibility index (Phi) is 6.88. The van der Waals surface area contributed by atoms with Crippen molar-refractivity contribution in [1.82, 2.24) is 0 Å². The molecule has 0 aromatic heterocycles. The number of hydrogen-bond acceptors (Lipinski definition) is 2. The first-order valence-corrected chi connectivity index (χ1v) is 9.85. The molecule has 1 aromatic rings. The van der Waals surface area contributed by atoms with E-state index < -0.39 is 0 Å². The van der Waals surface area contributed by atoms with Crippen molar-refractivity contribution in [3.05, 3.63) is 48.3 Å². The molecule has 1 aromatic carbocycles. The second-order valence-electron chi connectivity index (χ2n) is 6.17. The number of ether oxygens (including phenoxy) is 1. The Morgan fingerprint density at radius 3 is 2.54 bits per heavy atom. The fraction of sp³-hybridized carbons (Fsp3) is 0.353. The zero-order chi connectivity index (χ0) is 18.1. The maximum absolute atomic E-state index is 12.3. The highest BCUT2D eigenvalue weighted by Crippen LogP contribution is 2.60. The second-order valence-corrected chi connectivity index (χ2v) is 10.4. The first kappa shape index (κ1) is 20.3. The summed E-state index contributed by atoms with van der Waals surface area (Å²) in [5, 5.41) is 0.501. The molecular weight excluding hydrogens is 502 g/mol. The Labute approximate surface area is 173 Å². The zero-order valence-electron chi connectivity index (χ0n) is 13.0. The van der Waals surface area contributed by atoms with E-state index in [1.165, 1.54) is 0 Å². The van der Waals surface area contributed by atoms with Gasteiger partial charge in [0, 0.05) is 10.6 Å². The third-order valence-electron chi connectivity index (χ3n) is 4.19. The summed E-state index contributed by atoms with van der Waals surface area (Å²) in [6, 6.07) is 5.33. The fourth-order valence-electron chi connectivity index (χ4n) is 2.71. The van der Waals surface area contributed by atoms with Crippen LogP contribution in [0.4, 0.5) is 0 Å². The van der Waals surface area contributed by atoms with Gasteiger partial charge in [-0.15, -0.1) is 0 Å². The normalized spacial score (nSPS) is 21.0. The minimum absolute atomic E-state index is 0.112. The van der Waals surface area contributed by atoms with Crippen LogP contribution in [0, 0.1) is 17.3 Å². The molecule has 1 saturated carbocycles. The number of esters is 1. The van der Waals surface area contributed by atoms with Gasteiger partial charge < -0.3 is 4.74 Å². The number of allylic oxidation sites excluding steroid dienone is 1. The van der Waals surface area contributed by atoms with Gasteiger partial charge in [-0.25, -0.2) is 0 Å². The summed E-state index contributed by atoms with van der Waals surface area (Å²) in [4.78, 5) is 12.3. The molecular formula is C17H15Br2Cl3O2. The Hall–Kier alpha value is -0.000000000000000167. The smallest absolute Gasteiger partial charge is 0.310 e. The van der Waals surface area contributed by atoms with Gasteiger partial charge in [0.2, 0.25) is 0 Å². The molecule has 0 bridgehead atoms. The van der Waals surface area contributed by atoms with Gasteiger partial charge in [-0.2, -0.15) is 0 Å². The second kappa shape index (κ2) is 8.13. The Morgan fingerprint density at radius 1 is 1.33 bits per heavy atom. The summed E-state index contributed by atoms with van der Waals surface area (Å²) in [6.07, 6.45) is 3.57. The van der Waals surface area contributed by atoms with E-state index in [9.17, 15) is 4.79 Å². The van der Waals surface area contributed by atoms with Crippen LogP contribution in [0.1, 0.15) is 25.0 Å². The highest BCUT2D eigenvalue weighted by atomic mass is 79.9. The van der Waals surface area contributed by atoms with Gasteiger partial charge in [0.25, 0.3) is 0 Å². The van der Waals surface area contributed by atoms with E-state index in [-0.39, 0.29) is 34.3 Å². The fourth-order valence-corrected chi connectivity index (χ4v) is 3.77. The molecule has 2 atom stereocenters. The molecule has 24 heavy (non-hydrogen) atoms. The molecule has 1 fully saturated rings. The zero-order valence-corrected chi connectivity index (χ0v) is 18.4. The van der Waals surface area contributed by atoms with Crippen LogP contribution in [0.25, 0.3) is 6.08 Å². The van der Waals surface area contributed by atoms with Crippen LogP contribution in [0.15, 0.2) is 32.2 Å². The van der Waals surface area contributed by atoms with Crippen molar-refractivity contribution in [1.29, 1.82) is 0 Å².